The predicted molar refractivity (Wildman–Crippen MR) is 259 cm³/mol. The van der Waals surface area contributed by atoms with Crippen molar-refractivity contribution in [3.63, 3.8) is 0 Å². The summed E-state index contributed by atoms with van der Waals surface area (Å²) < 4.78 is 4.43. The van der Waals surface area contributed by atoms with Crippen LogP contribution in [0.1, 0.15) is 83.2 Å². The summed E-state index contributed by atoms with van der Waals surface area (Å²) in [6, 6.07) is 54.2. The van der Waals surface area contributed by atoms with E-state index in [1.54, 1.807) is 0 Å². The number of hydrogen-bond donors (Lipinski definition) is 0. The zero-order chi connectivity index (χ0) is 43.6. The van der Waals surface area contributed by atoms with Gasteiger partial charge in [-0.15, -0.1) is 0 Å². The lowest BCUT2D eigenvalue weighted by molar-refractivity contribution is 0.590. The number of hydrogen-bond acceptors (Lipinski definition) is 4. The average molecular weight is 817 g/mol. The predicted octanol–water partition coefficient (Wildman–Crippen LogP) is 14.2. The lowest BCUT2D eigenvalue weighted by atomic mass is 9.82. The Hall–Kier alpha value is -7.36. The quantitative estimate of drug-likeness (QED) is 0.177. The SMILES string of the molecule is CC(C)(C)c1ccc2c(c1)c1cc(C(C)(C)C)ccc1n2-c1nc(-c2ccccc2)nc(-c2ccc(-n3c4ccccc4c4cc5c(cc43)-c3ccccc3C5(C)C)c(C#N)c2)n1. The second-order valence-corrected chi connectivity index (χ2v) is 19.7. The highest BCUT2D eigenvalue weighted by molar-refractivity contribution is 6.12. The molecule has 0 spiro atoms. The summed E-state index contributed by atoms with van der Waals surface area (Å²) in [6.07, 6.45) is 0. The molecule has 10 aromatic rings. The molecule has 11 rings (SSSR count). The topological polar surface area (TPSA) is 72.3 Å². The van der Waals surface area contributed by atoms with Gasteiger partial charge in [-0.2, -0.15) is 15.2 Å². The Morgan fingerprint density at radius 3 is 1.73 bits per heavy atom. The maximum Gasteiger partial charge on any atom is 0.238 e. The molecule has 0 radical (unpaired) electrons. The van der Waals surface area contributed by atoms with Gasteiger partial charge in [0.1, 0.15) is 6.07 Å². The van der Waals surface area contributed by atoms with Crippen molar-refractivity contribution < 1.29 is 0 Å². The minimum atomic E-state index is -0.130. The van der Waals surface area contributed by atoms with E-state index in [1.165, 1.54) is 38.8 Å². The summed E-state index contributed by atoms with van der Waals surface area (Å²) in [5.41, 5.74) is 14.6. The molecule has 0 bridgehead atoms. The van der Waals surface area contributed by atoms with Gasteiger partial charge in [-0.05, 0) is 105 Å². The minimum Gasteiger partial charge on any atom is -0.308 e. The molecule has 3 aromatic heterocycles. The summed E-state index contributed by atoms with van der Waals surface area (Å²) in [7, 11) is 0. The van der Waals surface area contributed by atoms with Crippen molar-refractivity contribution in [1.82, 2.24) is 24.1 Å². The standard InChI is InChI=1S/C57H48N6/c1-55(2,3)37-23-26-49-42(29-37)43-30-38(56(4,5)6)24-27-50(43)63(49)54-60-52(34-16-10-9-11-17-34)59-53(61-54)35-22-25-47(36(28-35)33-58)62-48-21-15-13-19-40(48)44-31-46-41(32-51(44)62)39-18-12-14-20-45(39)57(46,7)8/h9-32H,1-8H3. The summed E-state index contributed by atoms with van der Waals surface area (Å²) >= 11 is 0. The van der Waals surface area contributed by atoms with E-state index in [1.807, 2.05) is 42.5 Å². The molecule has 0 N–H and O–H groups in total. The molecule has 0 unspecified atom stereocenters. The van der Waals surface area contributed by atoms with E-state index in [2.05, 4.69) is 174 Å². The fraction of sp³-hybridized carbons (Fsp3) is 0.193. The van der Waals surface area contributed by atoms with Crippen molar-refractivity contribution in [3.05, 3.63) is 173 Å². The smallest absolute Gasteiger partial charge is 0.238 e. The molecule has 0 fully saturated rings. The monoisotopic (exact) mass is 816 g/mol. The number of rotatable bonds is 4. The van der Waals surface area contributed by atoms with Crippen LogP contribution < -0.4 is 0 Å². The van der Waals surface area contributed by atoms with Gasteiger partial charge in [0, 0.05) is 38.1 Å². The van der Waals surface area contributed by atoms with Crippen LogP contribution in [0.3, 0.4) is 0 Å². The third-order valence-corrected chi connectivity index (χ3v) is 13.3. The Morgan fingerprint density at radius 1 is 0.476 bits per heavy atom. The third-order valence-electron chi connectivity index (χ3n) is 13.3. The molecule has 0 saturated heterocycles. The van der Waals surface area contributed by atoms with Crippen molar-refractivity contribution in [3.8, 4) is 51.6 Å². The highest BCUT2D eigenvalue weighted by Gasteiger charge is 2.36. The molecule has 63 heavy (non-hydrogen) atoms. The molecule has 6 nitrogen and oxygen atoms in total. The van der Waals surface area contributed by atoms with E-state index in [0.29, 0.717) is 23.2 Å². The van der Waals surface area contributed by atoms with Gasteiger partial charge in [0.2, 0.25) is 5.95 Å². The van der Waals surface area contributed by atoms with Crippen LogP contribution in [-0.2, 0) is 16.2 Å². The molecule has 7 aromatic carbocycles. The Labute approximate surface area is 368 Å². The number of nitrogens with zero attached hydrogens (tertiary/aromatic N) is 6. The fourth-order valence-corrected chi connectivity index (χ4v) is 9.86. The van der Waals surface area contributed by atoms with Crippen LogP contribution in [0.5, 0.6) is 0 Å². The van der Waals surface area contributed by atoms with Crippen LogP contribution >= 0.6 is 0 Å². The summed E-state index contributed by atoms with van der Waals surface area (Å²) in [5, 5.41) is 15.6. The van der Waals surface area contributed by atoms with Crippen molar-refractivity contribution in [2.24, 2.45) is 0 Å². The molecule has 306 valence electrons. The second-order valence-electron chi connectivity index (χ2n) is 19.7. The van der Waals surface area contributed by atoms with Crippen molar-refractivity contribution in [2.75, 3.05) is 0 Å². The lowest BCUT2D eigenvalue weighted by Gasteiger charge is -2.21. The number of aromatic nitrogens is 5. The highest BCUT2D eigenvalue weighted by Crippen LogP contribution is 2.51. The number of benzene rings is 7. The summed E-state index contributed by atoms with van der Waals surface area (Å²) in [4.78, 5) is 15.6. The maximum absolute atomic E-state index is 11.0. The average Bonchev–Trinajstić information content (AvgIpc) is 3.87. The van der Waals surface area contributed by atoms with E-state index in [-0.39, 0.29) is 16.2 Å². The van der Waals surface area contributed by atoms with Gasteiger partial charge >= 0.3 is 0 Å². The molecule has 0 saturated carbocycles. The molecule has 1 aliphatic rings. The first kappa shape index (κ1) is 38.6. The molecular formula is C57H48N6. The minimum absolute atomic E-state index is 0.0305. The molecule has 3 heterocycles. The van der Waals surface area contributed by atoms with Gasteiger partial charge < -0.3 is 4.57 Å². The lowest BCUT2D eigenvalue weighted by Crippen LogP contribution is -2.14. The largest absolute Gasteiger partial charge is 0.308 e. The summed E-state index contributed by atoms with van der Waals surface area (Å²) in [6.45, 7) is 18.2. The second kappa shape index (κ2) is 13.6. The molecule has 0 atom stereocenters. The van der Waals surface area contributed by atoms with E-state index >= 15 is 0 Å². The van der Waals surface area contributed by atoms with E-state index < -0.39 is 0 Å². The van der Waals surface area contributed by atoms with Crippen molar-refractivity contribution >= 4 is 43.6 Å². The van der Waals surface area contributed by atoms with E-state index in [0.717, 1.165) is 55.0 Å². The third kappa shape index (κ3) is 5.94. The van der Waals surface area contributed by atoms with Gasteiger partial charge in [-0.1, -0.05) is 140 Å². The Balaban J connectivity index is 1.13. The Kier molecular flexibility index (Phi) is 8.30. The van der Waals surface area contributed by atoms with Crippen LogP contribution in [0, 0.1) is 11.3 Å². The van der Waals surface area contributed by atoms with Crippen LogP contribution in [0.15, 0.2) is 146 Å². The van der Waals surface area contributed by atoms with Crippen LogP contribution in [-0.4, -0.2) is 24.1 Å². The van der Waals surface area contributed by atoms with Crippen LogP contribution in [0.4, 0.5) is 0 Å². The zero-order valence-corrected chi connectivity index (χ0v) is 37.0. The maximum atomic E-state index is 11.0. The van der Waals surface area contributed by atoms with Crippen LogP contribution in [0.2, 0.25) is 0 Å². The summed E-state index contributed by atoms with van der Waals surface area (Å²) in [5.74, 6) is 1.58. The number of fused-ring (bicyclic) bond motifs is 9. The zero-order valence-electron chi connectivity index (χ0n) is 37.0. The Morgan fingerprint density at radius 2 is 1.06 bits per heavy atom. The number of nitriles is 1. The first-order chi connectivity index (χ1) is 30.2. The highest BCUT2D eigenvalue weighted by atomic mass is 15.2. The van der Waals surface area contributed by atoms with E-state index in [4.69, 9.17) is 15.0 Å². The van der Waals surface area contributed by atoms with Crippen molar-refractivity contribution in [1.29, 1.82) is 5.26 Å². The Bertz CT molecular complexity index is 3490. The van der Waals surface area contributed by atoms with Gasteiger partial charge in [0.15, 0.2) is 11.6 Å². The first-order valence-corrected chi connectivity index (χ1v) is 21.8. The molecule has 1 aliphatic carbocycles. The molecular weight excluding hydrogens is 769 g/mol. The van der Waals surface area contributed by atoms with Crippen LogP contribution in [0.25, 0.3) is 89.2 Å². The molecule has 0 amide bonds. The number of para-hydroxylation sites is 1. The van der Waals surface area contributed by atoms with E-state index in [9.17, 15) is 5.26 Å². The first-order valence-electron chi connectivity index (χ1n) is 21.8. The van der Waals surface area contributed by atoms with Gasteiger partial charge in [0.05, 0.1) is 33.3 Å². The molecule has 6 heteroatoms. The van der Waals surface area contributed by atoms with Gasteiger partial charge in [-0.3, -0.25) is 4.57 Å². The normalized spacial score (nSPS) is 13.5. The van der Waals surface area contributed by atoms with Crippen molar-refractivity contribution in [2.45, 2.75) is 71.6 Å². The molecule has 0 aliphatic heterocycles. The van der Waals surface area contributed by atoms with Gasteiger partial charge in [-0.25, -0.2) is 4.98 Å². The fourth-order valence-electron chi connectivity index (χ4n) is 9.86. The van der Waals surface area contributed by atoms with Gasteiger partial charge in [0.25, 0.3) is 0 Å².